The second-order valence-electron chi connectivity index (χ2n) is 9.58. The van der Waals surface area contributed by atoms with E-state index in [0.29, 0.717) is 5.92 Å². The van der Waals surface area contributed by atoms with E-state index >= 15 is 0 Å². The van der Waals surface area contributed by atoms with Gasteiger partial charge in [0.05, 0.1) is 13.2 Å². The maximum atomic E-state index is 13.4. The molecule has 6 nitrogen and oxygen atoms in total. The Morgan fingerprint density at radius 1 is 1.18 bits per heavy atom. The Balaban J connectivity index is 1.41. The van der Waals surface area contributed by atoms with E-state index in [4.69, 9.17) is 4.74 Å². The zero-order valence-electron chi connectivity index (χ0n) is 19.7. The van der Waals surface area contributed by atoms with Crippen LogP contribution in [0.4, 0.5) is 0 Å². The smallest absolute Gasteiger partial charge is 0.226 e. The lowest BCUT2D eigenvalue weighted by Gasteiger charge is -2.36. The fraction of sp³-hybridized carbons (Fsp3) is 0.481. The van der Waals surface area contributed by atoms with Crippen molar-refractivity contribution in [2.75, 3.05) is 45.9 Å². The molecule has 1 aromatic carbocycles. The van der Waals surface area contributed by atoms with E-state index in [1.165, 1.54) is 33.3 Å². The zero-order valence-corrected chi connectivity index (χ0v) is 19.7. The van der Waals surface area contributed by atoms with Crippen molar-refractivity contribution >= 4 is 16.8 Å². The molecule has 0 radical (unpaired) electrons. The van der Waals surface area contributed by atoms with Gasteiger partial charge in [-0.2, -0.15) is 0 Å². The highest BCUT2D eigenvalue weighted by Crippen LogP contribution is 2.40. The molecule has 0 saturated carbocycles. The predicted molar refractivity (Wildman–Crippen MR) is 131 cm³/mol. The number of H-pyrrole nitrogens is 1. The summed E-state index contributed by atoms with van der Waals surface area (Å²) in [6.07, 6.45) is 5.84. The number of hydrogen-bond donors (Lipinski definition) is 1. The fourth-order valence-electron chi connectivity index (χ4n) is 5.49. The van der Waals surface area contributed by atoms with Crippen molar-refractivity contribution in [1.29, 1.82) is 0 Å². The molecule has 33 heavy (non-hydrogen) atoms. The van der Waals surface area contributed by atoms with Gasteiger partial charge in [0.2, 0.25) is 5.91 Å². The van der Waals surface area contributed by atoms with Crippen LogP contribution in [0.3, 0.4) is 0 Å². The highest BCUT2D eigenvalue weighted by Gasteiger charge is 2.31. The largest absolute Gasteiger partial charge is 0.379 e. The van der Waals surface area contributed by atoms with Gasteiger partial charge in [0, 0.05) is 79.1 Å². The standard InChI is InChI=1S/C27H34N4O2/c1-19-5-3-7-23-24(21-8-10-28-11-9-21)26(29-25(19)23)22-6-4-12-31(18-22)27(32)20(2)17-30-13-15-33-16-14-30/h3,5,7-11,20,22,29H,4,6,12-18H2,1-2H3/t20-,22-/m1/s1. The van der Waals surface area contributed by atoms with Gasteiger partial charge in [-0.25, -0.2) is 0 Å². The van der Waals surface area contributed by atoms with Crippen molar-refractivity contribution in [3.63, 3.8) is 0 Å². The number of aromatic amines is 1. The van der Waals surface area contributed by atoms with Crippen LogP contribution in [-0.2, 0) is 9.53 Å². The number of ether oxygens (including phenoxy) is 1. The maximum Gasteiger partial charge on any atom is 0.226 e. The van der Waals surface area contributed by atoms with Gasteiger partial charge in [0.1, 0.15) is 0 Å². The molecule has 2 aromatic heterocycles. The average molecular weight is 447 g/mol. The Hall–Kier alpha value is -2.70. The number of aromatic nitrogens is 2. The van der Waals surface area contributed by atoms with Gasteiger partial charge in [-0.05, 0) is 43.0 Å². The van der Waals surface area contributed by atoms with Crippen molar-refractivity contribution in [2.45, 2.75) is 32.6 Å². The molecule has 0 spiro atoms. The molecule has 1 N–H and O–H groups in total. The molecule has 2 aliphatic heterocycles. The molecule has 0 bridgehead atoms. The number of rotatable bonds is 5. The lowest BCUT2D eigenvalue weighted by molar-refractivity contribution is -0.137. The van der Waals surface area contributed by atoms with Gasteiger partial charge >= 0.3 is 0 Å². The summed E-state index contributed by atoms with van der Waals surface area (Å²) in [6, 6.07) is 10.7. The summed E-state index contributed by atoms with van der Waals surface area (Å²) in [4.78, 5) is 25.8. The van der Waals surface area contributed by atoms with E-state index in [1.807, 2.05) is 12.4 Å². The number of piperidine rings is 1. The minimum atomic E-state index is 0.00600. The van der Waals surface area contributed by atoms with Gasteiger partial charge < -0.3 is 14.6 Å². The molecule has 5 rings (SSSR count). The number of amides is 1. The van der Waals surface area contributed by atoms with Gasteiger partial charge in [-0.3, -0.25) is 14.7 Å². The van der Waals surface area contributed by atoms with Crippen LogP contribution in [0.15, 0.2) is 42.7 Å². The molecule has 3 aromatic rings. The van der Waals surface area contributed by atoms with Crippen molar-refractivity contribution in [1.82, 2.24) is 19.8 Å². The van der Waals surface area contributed by atoms with Crippen LogP contribution in [0, 0.1) is 12.8 Å². The van der Waals surface area contributed by atoms with E-state index in [9.17, 15) is 4.79 Å². The number of nitrogens with one attached hydrogen (secondary N) is 1. The zero-order chi connectivity index (χ0) is 22.8. The van der Waals surface area contributed by atoms with Crippen molar-refractivity contribution in [2.24, 2.45) is 5.92 Å². The van der Waals surface area contributed by atoms with Gasteiger partial charge in [0.15, 0.2) is 0 Å². The minimum Gasteiger partial charge on any atom is -0.379 e. The van der Waals surface area contributed by atoms with Crippen LogP contribution in [-0.4, -0.2) is 71.6 Å². The number of aryl methyl sites for hydroxylation is 1. The number of nitrogens with zero attached hydrogens (tertiary/aromatic N) is 3. The Morgan fingerprint density at radius 3 is 2.76 bits per heavy atom. The number of carbonyl (C=O) groups excluding carboxylic acids is 1. The van der Waals surface area contributed by atoms with E-state index in [1.54, 1.807) is 0 Å². The van der Waals surface area contributed by atoms with E-state index in [2.05, 4.69) is 63.9 Å². The lowest BCUT2D eigenvalue weighted by atomic mass is 9.89. The molecule has 174 valence electrons. The first-order valence-corrected chi connectivity index (χ1v) is 12.2. The molecular weight excluding hydrogens is 412 g/mol. The predicted octanol–water partition coefficient (Wildman–Crippen LogP) is 4.21. The number of benzene rings is 1. The number of fused-ring (bicyclic) bond motifs is 1. The quantitative estimate of drug-likeness (QED) is 0.638. The molecule has 2 saturated heterocycles. The normalized spacial score (nSPS) is 20.8. The first kappa shape index (κ1) is 22.1. The van der Waals surface area contributed by atoms with Crippen LogP contribution in [0.25, 0.3) is 22.0 Å². The summed E-state index contributed by atoms with van der Waals surface area (Å²) in [5, 5.41) is 1.25. The number of para-hydroxylation sites is 1. The van der Waals surface area contributed by atoms with E-state index in [-0.39, 0.29) is 11.8 Å². The van der Waals surface area contributed by atoms with Crippen LogP contribution in [0.5, 0.6) is 0 Å². The molecule has 2 fully saturated rings. The summed E-state index contributed by atoms with van der Waals surface area (Å²) >= 11 is 0. The first-order chi connectivity index (χ1) is 16.1. The minimum absolute atomic E-state index is 0.00600. The van der Waals surface area contributed by atoms with Crippen molar-refractivity contribution in [3.8, 4) is 11.1 Å². The number of hydrogen-bond acceptors (Lipinski definition) is 4. The average Bonchev–Trinajstić information content (AvgIpc) is 3.26. The number of likely N-dealkylation sites (tertiary alicyclic amines) is 1. The SMILES string of the molecule is Cc1cccc2c(-c3ccncc3)c([C@@H]3CCCN(C(=O)[C@H](C)CN4CCOCC4)C3)[nH]c12. The highest BCUT2D eigenvalue weighted by atomic mass is 16.5. The Kier molecular flexibility index (Phi) is 6.47. The third-order valence-corrected chi connectivity index (χ3v) is 7.24. The van der Waals surface area contributed by atoms with Gasteiger partial charge in [-0.1, -0.05) is 25.1 Å². The molecule has 0 unspecified atom stereocenters. The summed E-state index contributed by atoms with van der Waals surface area (Å²) in [6.45, 7) is 10.1. The fourth-order valence-corrected chi connectivity index (χ4v) is 5.49. The monoisotopic (exact) mass is 446 g/mol. The Bertz CT molecular complexity index is 1100. The summed E-state index contributed by atoms with van der Waals surface area (Å²) in [7, 11) is 0. The summed E-state index contributed by atoms with van der Waals surface area (Å²) in [5.74, 6) is 0.587. The number of morpholine rings is 1. The van der Waals surface area contributed by atoms with Crippen molar-refractivity contribution in [3.05, 3.63) is 54.0 Å². The molecular formula is C27H34N4O2. The molecule has 1 amide bonds. The Labute approximate surface area is 195 Å². The molecule has 4 heterocycles. The van der Waals surface area contributed by atoms with Crippen molar-refractivity contribution < 1.29 is 9.53 Å². The topological polar surface area (TPSA) is 61.5 Å². The van der Waals surface area contributed by atoms with Crippen LogP contribution >= 0.6 is 0 Å². The lowest BCUT2D eigenvalue weighted by Crippen LogP contribution is -2.46. The second kappa shape index (κ2) is 9.65. The van der Waals surface area contributed by atoms with E-state index < -0.39 is 0 Å². The molecule has 6 heteroatoms. The molecule has 0 aliphatic carbocycles. The number of carbonyl (C=O) groups is 1. The number of pyridine rings is 1. The third kappa shape index (κ3) is 4.55. The maximum absolute atomic E-state index is 13.4. The van der Waals surface area contributed by atoms with Crippen LogP contribution in [0.1, 0.15) is 36.9 Å². The van der Waals surface area contributed by atoms with Crippen LogP contribution in [0.2, 0.25) is 0 Å². The summed E-state index contributed by atoms with van der Waals surface area (Å²) in [5.41, 5.74) is 6.14. The van der Waals surface area contributed by atoms with Gasteiger partial charge in [-0.15, -0.1) is 0 Å². The molecule has 2 atom stereocenters. The van der Waals surface area contributed by atoms with E-state index in [0.717, 1.165) is 58.8 Å². The van der Waals surface area contributed by atoms with Gasteiger partial charge in [0.25, 0.3) is 0 Å². The first-order valence-electron chi connectivity index (χ1n) is 12.2. The summed E-state index contributed by atoms with van der Waals surface area (Å²) < 4.78 is 5.46. The van der Waals surface area contributed by atoms with Crippen LogP contribution < -0.4 is 0 Å². The second-order valence-corrected chi connectivity index (χ2v) is 9.58. The third-order valence-electron chi connectivity index (χ3n) is 7.24. The Morgan fingerprint density at radius 2 is 1.97 bits per heavy atom. The highest BCUT2D eigenvalue weighted by molar-refractivity contribution is 5.99. The molecule has 2 aliphatic rings.